The molecular formula is C41H61Cl2N3O6. The lowest BCUT2D eigenvalue weighted by Gasteiger charge is -2.39. The number of hydrogen-bond donors (Lipinski definition) is 0. The van der Waals surface area contributed by atoms with E-state index in [1.54, 1.807) is 34.1 Å². The summed E-state index contributed by atoms with van der Waals surface area (Å²) >= 11 is 11.8. The van der Waals surface area contributed by atoms with Crippen LogP contribution >= 0.6 is 23.2 Å². The van der Waals surface area contributed by atoms with Gasteiger partial charge in [0, 0.05) is 49.4 Å². The van der Waals surface area contributed by atoms with E-state index in [1.807, 2.05) is 79.7 Å². The molecular weight excluding hydrogens is 701 g/mol. The topological polar surface area (TPSA) is 109 Å². The lowest BCUT2D eigenvalue weighted by atomic mass is 9.74. The highest BCUT2D eigenvalue weighted by Crippen LogP contribution is 2.36. The third kappa shape index (κ3) is 14.6. The minimum Gasteiger partial charge on any atom is -0.444 e. The first-order valence-electron chi connectivity index (χ1n) is 17.9. The van der Waals surface area contributed by atoms with Crippen LogP contribution in [0, 0.1) is 11.3 Å². The van der Waals surface area contributed by atoms with Crippen LogP contribution in [0.25, 0.3) is 0 Å². The second-order valence-corrected chi connectivity index (χ2v) is 15.6. The van der Waals surface area contributed by atoms with Crippen molar-refractivity contribution in [1.82, 2.24) is 9.80 Å². The van der Waals surface area contributed by atoms with Gasteiger partial charge in [-0.3, -0.25) is 0 Å². The number of carbonyl (C=O) groups excluding carboxylic acids is 3. The minimum absolute atomic E-state index is 0. The molecule has 0 aromatic heterocycles. The van der Waals surface area contributed by atoms with Crippen molar-refractivity contribution in [1.29, 1.82) is 5.26 Å². The Labute approximate surface area is 322 Å². The molecule has 0 aliphatic carbocycles. The van der Waals surface area contributed by atoms with Gasteiger partial charge in [0.1, 0.15) is 17.5 Å². The largest absolute Gasteiger partial charge is 0.444 e. The molecule has 5 rings (SSSR count). The van der Waals surface area contributed by atoms with Crippen molar-refractivity contribution >= 4 is 41.7 Å². The van der Waals surface area contributed by atoms with Gasteiger partial charge in [-0.2, -0.15) is 5.26 Å². The molecule has 0 unspecified atom stereocenters. The molecule has 0 bridgehead atoms. The average Bonchev–Trinajstić information content (AvgIpc) is 3.69. The smallest absolute Gasteiger partial charge is 0.410 e. The first-order chi connectivity index (χ1) is 24.0. The highest BCUT2D eigenvalue weighted by atomic mass is 35.5. The zero-order valence-corrected chi connectivity index (χ0v) is 33.2. The van der Waals surface area contributed by atoms with Gasteiger partial charge < -0.3 is 28.8 Å². The minimum atomic E-state index is -0.552. The van der Waals surface area contributed by atoms with Gasteiger partial charge in [0.25, 0.3) is 0 Å². The fourth-order valence-corrected chi connectivity index (χ4v) is 6.06. The number of ether oxygens (including phenoxy) is 3. The molecule has 3 saturated heterocycles. The van der Waals surface area contributed by atoms with Gasteiger partial charge in [0.15, 0.2) is 0 Å². The molecule has 290 valence electrons. The second-order valence-electron chi connectivity index (χ2n) is 14.7. The van der Waals surface area contributed by atoms with Crippen molar-refractivity contribution in [2.75, 3.05) is 39.4 Å². The maximum absolute atomic E-state index is 12.1. The predicted molar refractivity (Wildman–Crippen MR) is 210 cm³/mol. The van der Waals surface area contributed by atoms with Gasteiger partial charge in [-0.25, -0.2) is 9.59 Å². The van der Waals surface area contributed by atoms with Gasteiger partial charge >= 0.3 is 12.2 Å². The molecule has 3 fully saturated rings. The van der Waals surface area contributed by atoms with Crippen molar-refractivity contribution < 1.29 is 28.6 Å². The number of piperidine rings is 2. The Morgan fingerprint density at radius 3 is 1.40 bits per heavy atom. The monoisotopic (exact) mass is 761 g/mol. The van der Waals surface area contributed by atoms with Crippen molar-refractivity contribution in [2.45, 2.75) is 123 Å². The summed E-state index contributed by atoms with van der Waals surface area (Å²) < 4.78 is 15.7. The summed E-state index contributed by atoms with van der Waals surface area (Å²) in [6, 6.07) is 17.2. The Bertz CT molecular complexity index is 1400. The van der Waals surface area contributed by atoms with E-state index in [9.17, 15) is 19.6 Å². The number of carbonyl (C=O) groups is 3. The van der Waals surface area contributed by atoms with Crippen molar-refractivity contribution in [2.24, 2.45) is 0 Å². The van der Waals surface area contributed by atoms with E-state index in [-0.39, 0.29) is 19.6 Å². The quantitative estimate of drug-likeness (QED) is 0.286. The number of hydrogen-bond acceptors (Lipinski definition) is 7. The Morgan fingerprint density at radius 1 is 0.731 bits per heavy atom. The van der Waals surface area contributed by atoms with Gasteiger partial charge in [-0.15, -0.1) is 0 Å². The van der Waals surface area contributed by atoms with E-state index in [1.165, 1.54) is 12.8 Å². The summed E-state index contributed by atoms with van der Waals surface area (Å²) in [5.41, 5.74) is -0.186. The van der Waals surface area contributed by atoms with Crippen LogP contribution in [0.1, 0.15) is 112 Å². The van der Waals surface area contributed by atoms with Crippen LogP contribution in [0.4, 0.5) is 9.59 Å². The second kappa shape index (κ2) is 21.4. The Kier molecular flexibility index (Phi) is 19.2. The van der Waals surface area contributed by atoms with Crippen LogP contribution in [0.5, 0.6) is 0 Å². The number of amides is 2. The maximum atomic E-state index is 12.1. The summed E-state index contributed by atoms with van der Waals surface area (Å²) in [7, 11) is 0. The molecule has 3 aliphatic rings. The fraction of sp³-hybridized carbons (Fsp3) is 0.610. The van der Waals surface area contributed by atoms with E-state index >= 15 is 0 Å². The van der Waals surface area contributed by atoms with E-state index in [0.717, 1.165) is 30.6 Å². The highest BCUT2D eigenvalue weighted by Gasteiger charge is 2.40. The number of rotatable bonds is 3. The fourth-order valence-electron chi connectivity index (χ4n) is 5.81. The molecule has 0 N–H and O–H groups in total. The summed E-state index contributed by atoms with van der Waals surface area (Å²) in [6.45, 7) is 19.1. The van der Waals surface area contributed by atoms with Crippen LogP contribution in [0.2, 0.25) is 10.0 Å². The number of likely N-dealkylation sites (tertiary alicyclic amines) is 2. The molecule has 0 radical (unpaired) electrons. The molecule has 0 atom stereocenters. The molecule has 0 saturated carbocycles. The number of nitriles is 1. The van der Waals surface area contributed by atoms with E-state index < -0.39 is 22.0 Å². The van der Waals surface area contributed by atoms with Gasteiger partial charge in [0.2, 0.25) is 0 Å². The maximum Gasteiger partial charge on any atom is 0.410 e. The SMILES string of the molecule is C.C1CCOC1.CC.CC(C)(C)OC(=O)N1CCC(C#N)(c2ccc(Cl)cc2)CC1.CC(C)(C)OC(=O)N1CCC(C=O)(c2ccc(Cl)cc2)CC1. The van der Waals surface area contributed by atoms with Gasteiger partial charge in [-0.05, 0) is 115 Å². The van der Waals surface area contributed by atoms with Crippen LogP contribution in [-0.4, -0.2) is 78.9 Å². The van der Waals surface area contributed by atoms with E-state index in [2.05, 4.69) is 6.07 Å². The Hall–Kier alpha value is -3.32. The first kappa shape index (κ1) is 46.7. The zero-order chi connectivity index (χ0) is 38.3. The number of halogens is 2. The normalized spacial score (nSPS) is 17.5. The van der Waals surface area contributed by atoms with Gasteiger partial charge in [0.05, 0.1) is 16.9 Å². The molecule has 2 aromatic rings. The number of aldehydes is 1. The standard InChI is InChI=1S/C17H21ClN2O2.C17H22ClNO3.C4H8O.C2H6.CH4/c1-16(2,3)22-15(21)20-10-8-17(12-19,9-11-20)13-4-6-14(18)7-5-13;1-16(2,3)22-15(21)19-10-8-17(12-20,9-11-19)13-4-6-14(18)7-5-13;1-2-4-5-3-1;1-2;/h4-7H,8-11H2,1-3H3;4-7,12H,8-11H2,1-3H3;1-4H2;1-2H3;1H4. The van der Waals surface area contributed by atoms with E-state index in [0.29, 0.717) is 61.9 Å². The number of benzene rings is 2. The molecule has 11 heteroatoms. The van der Waals surface area contributed by atoms with Crippen LogP contribution in [0.15, 0.2) is 48.5 Å². The third-order valence-electron chi connectivity index (χ3n) is 8.66. The summed E-state index contributed by atoms with van der Waals surface area (Å²) in [4.78, 5) is 39.2. The van der Waals surface area contributed by atoms with Crippen molar-refractivity contribution in [3.8, 4) is 6.07 Å². The number of nitrogens with zero attached hydrogens (tertiary/aromatic N) is 3. The zero-order valence-electron chi connectivity index (χ0n) is 31.7. The van der Waals surface area contributed by atoms with E-state index in [4.69, 9.17) is 37.4 Å². The molecule has 3 aliphatic heterocycles. The van der Waals surface area contributed by atoms with Crippen LogP contribution in [0.3, 0.4) is 0 Å². The molecule has 3 heterocycles. The predicted octanol–water partition coefficient (Wildman–Crippen LogP) is 10.4. The molecule has 52 heavy (non-hydrogen) atoms. The molecule has 9 nitrogen and oxygen atoms in total. The Balaban J connectivity index is 0.000000432. The van der Waals surface area contributed by atoms with Crippen molar-refractivity contribution in [3.05, 3.63) is 69.7 Å². The average molecular weight is 763 g/mol. The molecule has 2 amide bonds. The third-order valence-corrected chi connectivity index (χ3v) is 9.16. The van der Waals surface area contributed by atoms with Crippen molar-refractivity contribution in [3.63, 3.8) is 0 Å². The summed E-state index contributed by atoms with van der Waals surface area (Å²) in [6.07, 6.45) is 5.32. The highest BCUT2D eigenvalue weighted by molar-refractivity contribution is 6.30. The van der Waals surface area contributed by atoms with Crippen LogP contribution in [-0.2, 0) is 29.8 Å². The first-order valence-corrected chi connectivity index (χ1v) is 18.7. The molecule has 2 aromatic carbocycles. The molecule has 0 spiro atoms. The summed E-state index contributed by atoms with van der Waals surface area (Å²) in [5, 5.41) is 11.0. The van der Waals surface area contributed by atoms with Gasteiger partial charge in [-0.1, -0.05) is 68.7 Å². The van der Waals surface area contributed by atoms with Crippen LogP contribution < -0.4 is 0 Å². The lowest BCUT2D eigenvalue weighted by Crippen LogP contribution is -2.47. The Morgan fingerprint density at radius 2 is 1.10 bits per heavy atom. The lowest BCUT2D eigenvalue weighted by molar-refractivity contribution is -0.114. The summed E-state index contributed by atoms with van der Waals surface area (Å²) in [5.74, 6) is 0.